The van der Waals surface area contributed by atoms with Crippen LogP contribution in [0.3, 0.4) is 0 Å². The van der Waals surface area contributed by atoms with E-state index in [1.807, 2.05) is 37.3 Å². The topological polar surface area (TPSA) is 26.3 Å². The second kappa shape index (κ2) is 6.44. The van der Waals surface area contributed by atoms with Crippen LogP contribution in [0.25, 0.3) is 0 Å². The summed E-state index contributed by atoms with van der Waals surface area (Å²) >= 11 is 0. The molecule has 0 aliphatic heterocycles. The molecule has 0 saturated heterocycles. The maximum atomic E-state index is 13.1. The summed E-state index contributed by atoms with van der Waals surface area (Å²) in [5, 5.41) is 0. The van der Waals surface area contributed by atoms with Crippen molar-refractivity contribution in [2.24, 2.45) is 0 Å². The lowest BCUT2D eigenvalue weighted by molar-refractivity contribution is 0.0452. The Balaban J connectivity index is 2.37. The molecule has 0 amide bonds. The van der Waals surface area contributed by atoms with Gasteiger partial charge >= 0.3 is 0 Å². The van der Waals surface area contributed by atoms with E-state index in [9.17, 15) is 9.18 Å². The van der Waals surface area contributed by atoms with Crippen LogP contribution < -0.4 is 0 Å². The molecule has 1 unspecified atom stereocenters. The molecule has 0 aliphatic carbocycles. The smallest absolute Gasteiger partial charge is 0.196 e. The molecular formula is C17H17FO2. The molecule has 20 heavy (non-hydrogen) atoms. The predicted molar refractivity (Wildman–Crippen MR) is 76.3 cm³/mol. The highest BCUT2D eigenvalue weighted by molar-refractivity contribution is 6.01. The lowest BCUT2D eigenvalue weighted by atomic mass is 9.96. The Morgan fingerprint density at radius 1 is 1.20 bits per heavy atom. The van der Waals surface area contributed by atoms with Gasteiger partial charge in [-0.2, -0.15) is 0 Å². The van der Waals surface area contributed by atoms with E-state index < -0.39 is 6.10 Å². The Morgan fingerprint density at radius 2 is 1.90 bits per heavy atom. The lowest BCUT2D eigenvalue weighted by Gasteiger charge is -2.17. The highest BCUT2D eigenvalue weighted by atomic mass is 19.1. The zero-order valence-corrected chi connectivity index (χ0v) is 11.6. The number of hydrogen-bond acceptors (Lipinski definition) is 2. The largest absolute Gasteiger partial charge is 0.366 e. The van der Waals surface area contributed by atoms with E-state index in [-0.39, 0.29) is 11.6 Å². The van der Waals surface area contributed by atoms with Gasteiger partial charge in [-0.25, -0.2) is 4.39 Å². The van der Waals surface area contributed by atoms with Crippen molar-refractivity contribution in [3.63, 3.8) is 0 Å². The monoisotopic (exact) mass is 272 g/mol. The molecule has 3 heteroatoms. The van der Waals surface area contributed by atoms with Crippen molar-refractivity contribution in [3.05, 3.63) is 71.0 Å². The number of halogens is 1. The number of aryl methyl sites for hydroxylation is 1. The first kappa shape index (κ1) is 14.4. The summed E-state index contributed by atoms with van der Waals surface area (Å²) in [6.45, 7) is 4.01. The first-order valence-electron chi connectivity index (χ1n) is 6.60. The summed E-state index contributed by atoms with van der Waals surface area (Å²) < 4.78 is 18.7. The van der Waals surface area contributed by atoms with Gasteiger partial charge in [-0.15, -0.1) is 0 Å². The normalized spacial score (nSPS) is 12.2. The standard InChI is InChI=1S/C17H17FO2/c1-3-20-17(13-7-5-4-6-8-13)16(19)15-10-9-14(18)11-12(15)2/h4-11,17H,3H2,1-2H3. The van der Waals surface area contributed by atoms with Crippen molar-refractivity contribution < 1.29 is 13.9 Å². The van der Waals surface area contributed by atoms with Crippen LogP contribution in [-0.4, -0.2) is 12.4 Å². The fourth-order valence-corrected chi connectivity index (χ4v) is 2.16. The molecule has 0 spiro atoms. The molecule has 0 heterocycles. The van der Waals surface area contributed by atoms with Gasteiger partial charge in [0.15, 0.2) is 5.78 Å². The van der Waals surface area contributed by atoms with Crippen LogP contribution in [0, 0.1) is 12.7 Å². The third-order valence-electron chi connectivity index (χ3n) is 3.13. The van der Waals surface area contributed by atoms with E-state index in [2.05, 4.69) is 0 Å². The van der Waals surface area contributed by atoms with Crippen molar-refractivity contribution >= 4 is 5.78 Å². The molecule has 0 aromatic heterocycles. The summed E-state index contributed by atoms with van der Waals surface area (Å²) in [4.78, 5) is 12.6. The summed E-state index contributed by atoms with van der Waals surface area (Å²) in [5.41, 5.74) is 1.92. The molecule has 0 radical (unpaired) electrons. The molecule has 0 fully saturated rings. The fourth-order valence-electron chi connectivity index (χ4n) is 2.16. The van der Waals surface area contributed by atoms with Gasteiger partial charge in [0.05, 0.1) is 0 Å². The zero-order valence-electron chi connectivity index (χ0n) is 11.6. The highest BCUT2D eigenvalue weighted by Gasteiger charge is 2.23. The van der Waals surface area contributed by atoms with E-state index in [4.69, 9.17) is 4.74 Å². The lowest BCUT2D eigenvalue weighted by Crippen LogP contribution is -2.17. The van der Waals surface area contributed by atoms with Crippen molar-refractivity contribution in [3.8, 4) is 0 Å². The molecule has 1 atom stereocenters. The SMILES string of the molecule is CCOC(C(=O)c1ccc(F)cc1C)c1ccccc1. The van der Waals surface area contributed by atoms with Gasteiger partial charge in [-0.05, 0) is 43.2 Å². The molecule has 2 aromatic rings. The van der Waals surface area contributed by atoms with Gasteiger partial charge in [0.1, 0.15) is 11.9 Å². The summed E-state index contributed by atoms with van der Waals surface area (Å²) in [6.07, 6.45) is -0.648. The van der Waals surface area contributed by atoms with Crippen LogP contribution in [0.4, 0.5) is 4.39 Å². The molecule has 2 nitrogen and oxygen atoms in total. The van der Waals surface area contributed by atoms with Gasteiger partial charge in [0, 0.05) is 12.2 Å². The Hall–Kier alpha value is -2.00. The minimum absolute atomic E-state index is 0.143. The van der Waals surface area contributed by atoms with Crippen LogP contribution in [-0.2, 0) is 4.74 Å². The molecule has 0 bridgehead atoms. The Morgan fingerprint density at radius 3 is 2.50 bits per heavy atom. The third-order valence-corrected chi connectivity index (χ3v) is 3.13. The fraction of sp³-hybridized carbons (Fsp3) is 0.235. The molecule has 2 rings (SSSR count). The number of ether oxygens (including phenoxy) is 1. The van der Waals surface area contributed by atoms with Crippen molar-refractivity contribution in [2.45, 2.75) is 20.0 Å². The van der Waals surface area contributed by atoms with Crippen LogP contribution in [0.2, 0.25) is 0 Å². The molecule has 0 N–H and O–H groups in total. The minimum atomic E-state index is -0.648. The highest BCUT2D eigenvalue weighted by Crippen LogP contribution is 2.24. The van der Waals surface area contributed by atoms with E-state index in [0.29, 0.717) is 17.7 Å². The summed E-state index contributed by atoms with van der Waals surface area (Å²) in [7, 11) is 0. The summed E-state index contributed by atoms with van der Waals surface area (Å²) in [5.74, 6) is -0.484. The second-order valence-corrected chi connectivity index (χ2v) is 4.57. The Kier molecular flexibility index (Phi) is 4.64. The number of Topliss-reactive ketones (excluding diaryl/α,β-unsaturated/α-hetero) is 1. The maximum Gasteiger partial charge on any atom is 0.196 e. The number of ketones is 1. The second-order valence-electron chi connectivity index (χ2n) is 4.57. The Labute approximate surface area is 118 Å². The quantitative estimate of drug-likeness (QED) is 0.766. The molecule has 0 saturated carbocycles. The zero-order chi connectivity index (χ0) is 14.5. The van der Waals surface area contributed by atoms with Gasteiger partial charge < -0.3 is 4.74 Å². The van der Waals surface area contributed by atoms with Crippen molar-refractivity contribution in [1.82, 2.24) is 0 Å². The first-order valence-corrected chi connectivity index (χ1v) is 6.60. The van der Waals surface area contributed by atoms with Crippen LogP contribution in [0.1, 0.15) is 34.5 Å². The molecule has 2 aromatic carbocycles. The van der Waals surface area contributed by atoms with Gasteiger partial charge in [-0.3, -0.25) is 4.79 Å². The van der Waals surface area contributed by atoms with Gasteiger partial charge in [0.2, 0.25) is 0 Å². The average molecular weight is 272 g/mol. The minimum Gasteiger partial charge on any atom is -0.366 e. The van der Waals surface area contributed by atoms with Crippen LogP contribution in [0.15, 0.2) is 48.5 Å². The van der Waals surface area contributed by atoms with E-state index in [0.717, 1.165) is 5.56 Å². The first-order chi connectivity index (χ1) is 9.63. The van der Waals surface area contributed by atoms with Crippen LogP contribution in [0.5, 0.6) is 0 Å². The maximum absolute atomic E-state index is 13.1. The van der Waals surface area contributed by atoms with E-state index in [1.54, 1.807) is 6.92 Å². The number of carbonyl (C=O) groups excluding carboxylic acids is 1. The van der Waals surface area contributed by atoms with Gasteiger partial charge in [0.25, 0.3) is 0 Å². The van der Waals surface area contributed by atoms with E-state index >= 15 is 0 Å². The summed E-state index contributed by atoms with van der Waals surface area (Å²) in [6, 6.07) is 13.5. The Bertz CT molecular complexity index is 593. The molecular weight excluding hydrogens is 255 g/mol. The van der Waals surface area contributed by atoms with E-state index in [1.165, 1.54) is 18.2 Å². The average Bonchev–Trinajstić information content (AvgIpc) is 2.45. The van der Waals surface area contributed by atoms with Crippen molar-refractivity contribution in [2.75, 3.05) is 6.61 Å². The van der Waals surface area contributed by atoms with Gasteiger partial charge in [-0.1, -0.05) is 30.3 Å². The third kappa shape index (κ3) is 3.11. The number of rotatable bonds is 5. The number of hydrogen-bond donors (Lipinski definition) is 0. The molecule has 0 aliphatic rings. The van der Waals surface area contributed by atoms with Crippen molar-refractivity contribution in [1.29, 1.82) is 0 Å². The number of carbonyl (C=O) groups is 1. The predicted octanol–water partition coefficient (Wildman–Crippen LogP) is 4.09. The van der Waals surface area contributed by atoms with Crippen LogP contribution >= 0.6 is 0 Å². The number of benzene rings is 2. The molecule has 104 valence electrons.